The van der Waals surface area contributed by atoms with Crippen molar-refractivity contribution in [2.75, 3.05) is 5.73 Å². The van der Waals surface area contributed by atoms with Gasteiger partial charge in [-0.2, -0.15) is 0 Å². The lowest BCUT2D eigenvalue weighted by Gasteiger charge is -2.02. The van der Waals surface area contributed by atoms with Crippen LogP contribution in [-0.4, -0.2) is 9.97 Å². The molecule has 0 aliphatic rings. The number of anilines is 1. The van der Waals surface area contributed by atoms with E-state index in [4.69, 9.17) is 5.73 Å². The number of para-hydroxylation sites is 1. The largest absolute Gasteiger partial charge is 0.397 e. The van der Waals surface area contributed by atoms with Crippen LogP contribution in [0.1, 0.15) is 5.56 Å². The molecule has 0 bridgehead atoms. The van der Waals surface area contributed by atoms with Crippen molar-refractivity contribution in [2.45, 2.75) is 16.3 Å². The number of nitrogens with two attached hydrogens (primary N) is 1. The summed E-state index contributed by atoms with van der Waals surface area (Å²) in [6.45, 7) is 2.01. The molecule has 0 aliphatic heterocycles. The molecule has 90 valence electrons. The van der Waals surface area contributed by atoms with Crippen LogP contribution in [0.2, 0.25) is 0 Å². The van der Waals surface area contributed by atoms with E-state index in [1.165, 1.54) is 4.70 Å². The second kappa shape index (κ2) is 4.59. The maximum Gasteiger partial charge on any atom is 0.157 e. The highest BCUT2D eigenvalue weighted by molar-refractivity contribution is 8.01. The standard InChI is InChI=1S/C13H11N3S2/c1-8-6-9(14)7-15-12(8)18-13-16-10-4-2-3-5-11(10)17-13/h2-7H,14H2,1H3. The van der Waals surface area contributed by atoms with Gasteiger partial charge in [-0.3, -0.25) is 0 Å². The van der Waals surface area contributed by atoms with Crippen LogP contribution in [-0.2, 0) is 0 Å². The van der Waals surface area contributed by atoms with Crippen molar-refractivity contribution in [1.29, 1.82) is 0 Å². The molecule has 0 saturated carbocycles. The predicted molar refractivity (Wildman–Crippen MR) is 77.1 cm³/mol. The predicted octanol–water partition coefficient (Wildman–Crippen LogP) is 3.73. The Morgan fingerprint density at radius 3 is 2.89 bits per heavy atom. The molecule has 0 fully saturated rings. The minimum absolute atomic E-state index is 0.696. The van der Waals surface area contributed by atoms with E-state index in [1.54, 1.807) is 29.3 Å². The Morgan fingerprint density at radius 1 is 1.28 bits per heavy atom. The summed E-state index contributed by atoms with van der Waals surface area (Å²) in [7, 11) is 0. The third-order valence-electron chi connectivity index (χ3n) is 2.51. The Kier molecular flexibility index (Phi) is 2.93. The lowest BCUT2D eigenvalue weighted by molar-refractivity contribution is 1.08. The van der Waals surface area contributed by atoms with Crippen molar-refractivity contribution in [2.24, 2.45) is 0 Å². The van der Waals surface area contributed by atoms with Gasteiger partial charge in [0.2, 0.25) is 0 Å². The highest BCUT2D eigenvalue weighted by Gasteiger charge is 2.08. The lowest BCUT2D eigenvalue weighted by atomic mass is 10.3. The van der Waals surface area contributed by atoms with Crippen molar-refractivity contribution in [3.05, 3.63) is 42.1 Å². The third-order valence-corrected chi connectivity index (χ3v) is 4.73. The van der Waals surface area contributed by atoms with Gasteiger partial charge in [-0.15, -0.1) is 11.3 Å². The average molecular weight is 273 g/mol. The molecule has 0 amide bonds. The fourth-order valence-electron chi connectivity index (χ4n) is 1.67. The van der Waals surface area contributed by atoms with Gasteiger partial charge in [0.1, 0.15) is 5.03 Å². The summed E-state index contributed by atoms with van der Waals surface area (Å²) in [4.78, 5) is 8.93. The minimum atomic E-state index is 0.696. The first-order valence-corrected chi connectivity index (χ1v) is 7.11. The Bertz CT molecular complexity index is 673. The number of aryl methyl sites for hydroxylation is 1. The van der Waals surface area contributed by atoms with E-state index in [0.29, 0.717) is 5.69 Å². The number of nitrogen functional groups attached to an aromatic ring is 1. The first-order valence-electron chi connectivity index (χ1n) is 5.48. The van der Waals surface area contributed by atoms with Crippen LogP contribution in [0, 0.1) is 6.92 Å². The molecular weight excluding hydrogens is 262 g/mol. The zero-order valence-corrected chi connectivity index (χ0v) is 11.4. The van der Waals surface area contributed by atoms with Crippen LogP contribution >= 0.6 is 23.1 Å². The third kappa shape index (κ3) is 2.19. The zero-order chi connectivity index (χ0) is 12.5. The highest BCUT2D eigenvalue weighted by Crippen LogP contribution is 2.34. The summed E-state index contributed by atoms with van der Waals surface area (Å²) in [5.74, 6) is 0. The molecule has 2 N–H and O–H groups in total. The fourth-order valence-corrected chi connectivity index (χ4v) is 3.67. The molecule has 3 aromatic rings. The van der Waals surface area contributed by atoms with Crippen LogP contribution < -0.4 is 5.73 Å². The summed E-state index contributed by atoms with van der Waals surface area (Å²) in [5.41, 5.74) is 8.52. The summed E-state index contributed by atoms with van der Waals surface area (Å²) >= 11 is 3.28. The fraction of sp³-hybridized carbons (Fsp3) is 0.0769. The quantitative estimate of drug-likeness (QED) is 0.773. The van der Waals surface area contributed by atoms with Gasteiger partial charge in [-0.05, 0) is 42.4 Å². The SMILES string of the molecule is Cc1cc(N)cnc1Sc1nc2ccccc2s1. The van der Waals surface area contributed by atoms with Crippen LogP contribution in [0.15, 0.2) is 45.9 Å². The smallest absolute Gasteiger partial charge is 0.157 e. The Balaban J connectivity index is 1.96. The van der Waals surface area contributed by atoms with Crippen molar-refractivity contribution >= 4 is 39.0 Å². The number of fused-ring (bicyclic) bond motifs is 1. The molecule has 2 heterocycles. The molecular formula is C13H11N3S2. The Labute approximate surface area is 113 Å². The van der Waals surface area contributed by atoms with Crippen molar-refractivity contribution in [3.8, 4) is 0 Å². The van der Waals surface area contributed by atoms with E-state index in [0.717, 1.165) is 20.4 Å². The molecule has 2 aromatic heterocycles. The summed E-state index contributed by atoms with van der Waals surface area (Å²) in [6, 6.07) is 10.1. The minimum Gasteiger partial charge on any atom is -0.397 e. The molecule has 3 rings (SSSR count). The van der Waals surface area contributed by atoms with Crippen molar-refractivity contribution in [3.63, 3.8) is 0 Å². The van der Waals surface area contributed by atoms with Gasteiger partial charge in [0.25, 0.3) is 0 Å². The molecule has 0 saturated heterocycles. The normalized spacial score (nSPS) is 10.9. The van der Waals surface area contributed by atoms with Gasteiger partial charge in [-0.1, -0.05) is 12.1 Å². The van der Waals surface area contributed by atoms with Gasteiger partial charge >= 0.3 is 0 Å². The number of rotatable bonds is 2. The molecule has 0 aliphatic carbocycles. The van der Waals surface area contributed by atoms with E-state index in [1.807, 2.05) is 31.2 Å². The maximum atomic E-state index is 5.70. The van der Waals surface area contributed by atoms with E-state index in [9.17, 15) is 0 Å². The number of nitrogens with zero attached hydrogens (tertiary/aromatic N) is 2. The van der Waals surface area contributed by atoms with Crippen LogP contribution in [0.4, 0.5) is 5.69 Å². The van der Waals surface area contributed by atoms with Gasteiger partial charge in [0.05, 0.1) is 22.1 Å². The second-order valence-electron chi connectivity index (χ2n) is 3.94. The number of hydrogen-bond acceptors (Lipinski definition) is 5. The maximum absolute atomic E-state index is 5.70. The zero-order valence-electron chi connectivity index (χ0n) is 9.75. The number of benzene rings is 1. The molecule has 5 heteroatoms. The first-order chi connectivity index (χ1) is 8.72. The Morgan fingerprint density at radius 2 is 2.11 bits per heavy atom. The van der Waals surface area contributed by atoms with Crippen molar-refractivity contribution < 1.29 is 0 Å². The molecule has 1 aromatic carbocycles. The lowest BCUT2D eigenvalue weighted by Crippen LogP contribution is -1.90. The van der Waals surface area contributed by atoms with E-state index < -0.39 is 0 Å². The van der Waals surface area contributed by atoms with Gasteiger partial charge < -0.3 is 5.73 Å². The summed E-state index contributed by atoms with van der Waals surface area (Å²) < 4.78 is 2.21. The molecule has 3 nitrogen and oxygen atoms in total. The second-order valence-corrected chi connectivity index (χ2v) is 6.21. The topological polar surface area (TPSA) is 51.8 Å². The summed E-state index contributed by atoms with van der Waals surface area (Å²) in [6.07, 6.45) is 1.68. The van der Waals surface area contributed by atoms with E-state index in [-0.39, 0.29) is 0 Å². The van der Waals surface area contributed by atoms with Crippen molar-refractivity contribution in [1.82, 2.24) is 9.97 Å². The molecule has 18 heavy (non-hydrogen) atoms. The van der Waals surface area contributed by atoms with Gasteiger partial charge in [-0.25, -0.2) is 9.97 Å². The van der Waals surface area contributed by atoms with E-state index in [2.05, 4.69) is 16.0 Å². The molecule has 0 spiro atoms. The number of aromatic nitrogens is 2. The highest BCUT2D eigenvalue weighted by atomic mass is 32.2. The molecule has 0 unspecified atom stereocenters. The number of pyridine rings is 1. The van der Waals surface area contributed by atoms with Crippen LogP contribution in [0.5, 0.6) is 0 Å². The first kappa shape index (κ1) is 11.5. The molecule has 0 radical (unpaired) electrons. The van der Waals surface area contributed by atoms with Crippen LogP contribution in [0.25, 0.3) is 10.2 Å². The van der Waals surface area contributed by atoms with Gasteiger partial charge in [0.15, 0.2) is 4.34 Å². The number of thiazole rings is 1. The Hall–Kier alpha value is -1.59. The monoisotopic (exact) mass is 273 g/mol. The van der Waals surface area contributed by atoms with E-state index >= 15 is 0 Å². The molecule has 0 atom stereocenters. The average Bonchev–Trinajstić information content (AvgIpc) is 2.75. The van der Waals surface area contributed by atoms with Crippen LogP contribution in [0.3, 0.4) is 0 Å². The number of hydrogen-bond donors (Lipinski definition) is 1. The summed E-state index contributed by atoms with van der Waals surface area (Å²) in [5, 5.41) is 0.961. The van der Waals surface area contributed by atoms with Gasteiger partial charge in [0, 0.05) is 0 Å².